The van der Waals surface area contributed by atoms with E-state index in [0.717, 1.165) is 19.3 Å². The van der Waals surface area contributed by atoms with E-state index in [4.69, 9.17) is 6.42 Å². The van der Waals surface area contributed by atoms with Crippen molar-refractivity contribution in [2.24, 2.45) is 5.41 Å². The Morgan fingerprint density at radius 2 is 2.05 bits per heavy atom. The second kappa shape index (κ2) is 7.03. The molecule has 0 saturated heterocycles. The molecule has 5 nitrogen and oxygen atoms in total. The minimum absolute atomic E-state index is 0.186. The molecule has 5 heteroatoms. The minimum atomic E-state index is -0.815. The quantitative estimate of drug-likeness (QED) is 0.719. The fourth-order valence-electron chi connectivity index (χ4n) is 2.51. The number of aliphatic carboxylic acids is 1. The largest absolute Gasteiger partial charge is 0.481 e. The van der Waals surface area contributed by atoms with Gasteiger partial charge >= 0.3 is 12.0 Å². The number of carboxylic acid groups (broad SMARTS) is 1. The predicted molar refractivity (Wildman–Crippen MR) is 72.6 cm³/mol. The number of carbonyl (C=O) groups excluding carboxylic acids is 1. The molecule has 1 saturated carbocycles. The lowest BCUT2D eigenvalue weighted by Crippen LogP contribution is -2.47. The molecule has 2 amide bonds. The van der Waals surface area contributed by atoms with Crippen molar-refractivity contribution in [2.75, 3.05) is 19.6 Å². The fraction of sp³-hybridized carbons (Fsp3) is 0.714. The van der Waals surface area contributed by atoms with E-state index in [-0.39, 0.29) is 19.1 Å². The third-order valence-electron chi connectivity index (χ3n) is 3.66. The monoisotopic (exact) mass is 266 g/mol. The molecule has 1 rings (SSSR count). The first-order valence-electron chi connectivity index (χ1n) is 6.75. The van der Waals surface area contributed by atoms with Crippen LogP contribution in [0.25, 0.3) is 0 Å². The van der Waals surface area contributed by atoms with E-state index in [9.17, 15) is 14.7 Å². The zero-order valence-electron chi connectivity index (χ0n) is 11.4. The second-order valence-electron chi connectivity index (χ2n) is 5.08. The highest BCUT2D eigenvalue weighted by molar-refractivity contribution is 5.78. The SMILES string of the molecule is C#CCN(CCC)C(=O)NCC1(C(=O)O)CCCC1. The average molecular weight is 266 g/mol. The van der Waals surface area contributed by atoms with Crippen LogP contribution in [0.15, 0.2) is 0 Å². The summed E-state index contributed by atoms with van der Waals surface area (Å²) < 4.78 is 0. The van der Waals surface area contributed by atoms with Gasteiger partial charge in [-0.2, -0.15) is 0 Å². The normalized spacial score (nSPS) is 16.6. The topological polar surface area (TPSA) is 69.6 Å². The number of nitrogens with zero attached hydrogens (tertiary/aromatic N) is 1. The number of rotatable bonds is 6. The van der Waals surface area contributed by atoms with Crippen LogP contribution in [0.5, 0.6) is 0 Å². The van der Waals surface area contributed by atoms with Crippen LogP contribution >= 0.6 is 0 Å². The van der Waals surface area contributed by atoms with Gasteiger partial charge in [0.25, 0.3) is 0 Å². The van der Waals surface area contributed by atoms with E-state index in [0.29, 0.717) is 19.4 Å². The van der Waals surface area contributed by atoms with Crippen LogP contribution in [0, 0.1) is 17.8 Å². The summed E-state index contributed by atoms with van der Waals surface area (Å²) in [7, 11) is 0. The van der Waals surface area contributed by atoms with Crippen molar-refractivity contribution in [3.63, 3.8) is 0 Å². The molecule has 0 heterocycles. The highest BCUT2D eigenvalue weighted by atomic mass is 16.4. The Bertz CT molecular complexity index is 367. The van der Waals surface area contributed by atoms with Crippen LogP contribution < -0.4 is 5.32 Å². The molecule has 0 unspecified atom stereocenters. The Kier molecular flexibility index (Phi) is 5.68. The van der Waals surface area contributed by atoms with Gasteiger partial charge in [0.1, 0.15) is 0 Å². The van der Waals surface area contributed by atoms with Crippen LogP contribution in [0.2, 0.25) is 0 Å². The van der Waals surface area contributed by atoms with Crippen molar-refractivity contribution >= 4 is 12.0 Å². The van der Waals surface area contributed by atoms with Crippen LogP contribution in [0.4, 0.5) is 4.79 Å². The lowest BCUT2D eigenvalue weighted by atomic mass is 9.86. The van der Waals surface area contributed by atoms with Crippen LogP contribution in [-0.4, -0.2) is 41.6 Å². The van der Waals surface area contributed by atoms with Gasteiger partial charge < -0.3 is 15.3 Å². The van der Waals surface area contributed by atoms with Crippen LogP contribution in [0.1, 0.15) is 39.0 Å². The molecule has 0 aromatic heterocycles. The Balaban J connectivity index is 2.56. The maximum Gasteiger partial charge on any atom is 0.318 e. The molecule has 1 aliphatic carbocycles. The van der Waals surface area contributed by atoms with E-state index in [2.05, 4.69) is 11.2 Å². The van der Waals surface area contributed by atoms with Gasteiger partial charge in [-0.05, 0) is 19.3 Å². The molecule has 2 N–H and O–H groups in total. The number of terminal acetylenes is 1. The molecule has 19 heavy (non-hydrogen) atoms. The molecule has 0 aliphatic heterocycles. The van der Waals surface area contributed by atoms with Gasteiger partial charge in [0.15, 0.2) is 0 Å². The van der Waals surface area contributed by atoms with Crippen molar-refractivity contribution in [3.8, 4) is 12.3 Å². The third kappa shape index (κ3) is 3.88. The maximum absolute atomic E-state index is 12.0. The van der Waals surface area contributed by atoms with Crippen LogP contribution in [-0.2, 0) is 4.79 Å². The van der Waals surface area contributed by atoms with E-state index in [1.807, 2.05) is 6.92 Å². The zero-order valence-corrected chi connectivity index (χ0v) is 11.4. The summed E-state index contributed by atoms with van der Waals surface area (Å²) in [5.74, 6) is 1.63. The summed E-state index contributed by atoms with van der Waals surface area (Å²) in [5, 5.41) is 12.1. The Labute approximate surface area is 114 Å². The summed E-state index contributed by atoms with van der Waals surface area (Å²) in [6.45, 7) is 2.98. The third-order valence-corrected chi connectivity index (χ3v) is 3.66. The van der Waals surface area contributed by atoms with Crippen molar-refractivity contribution in [1.29, 1.82) is 0 Å². The Morgan fingerprint density at radius 3 is 2.53 bits per heavy atom. The van der Waals surface area contributed by atoms with Crippen LogP contribution in [0.3, 0.4) is 0 Å². The van der Waals surface area contributed by atoms with Crippen molar-refractivity contribution in [3.05, 3.63) is 0 Å². The van der Waals surface area contributed by atoms with Gasteiger partial charge in [0.2, 0.25) is 0 Å². The number of hydrogen-bond donors (Lipinski definition) is 2. The van der Waals surface area contributed by atoms with Gasteiger partial charge in [0.05, 0.1) is 12.0 Å². The van der Waals surface area contributed by atoms with Gasteiger partial charge in [-0.3, -0.25) is 4.79 Å². The molecule has 0 spiro atoms. The van der Waals surface area contributed by atoms with Crippen molar-refractivity contribution < 1.29 is 14.7 Å². The average Bonchev–Trinajstić information content (AvgIpc) is 2.86. The summed E-state index contributed by atoms with van der Waals surface area (Å²) in [6.07, 6.45) is 9.12. The molecule has 0 bridgehead atoms. The molecule has 0 aromatic carbocycles. The Morgan fingerprint density at radius 1 is 1.42 bits per heavy atom. The minimum Gasteiger partial charge on any atom is -0.481 e. The molecular weight excluding hydrogens is 244 g/mol. The number of urea groups is 1. The van der Waals surface area contributed by atoms with E-state index >= 15 is 0 Å². The molecule has 1 fully saturated rings. The first-order chi connectivity index (χ1) is 9.05. The number of carbonyl (C=O) groups is 2. The summed E-state index contributed by atoms with van der Waals surface area (Å²) in [5.41, 5.74) is -0.788. The number of hydrogen-bond acceptors (Lipinski definition) is 2. The first-order valence-corrected chi connectivity index (χ1v) is 6.75. The smallest absolute Gasteiger partial charge is 0.318 e. The fourth-order valence-corrected chi connectivity index (χ4v) is 2.51. The Hall–Kier alpha value is -1.70. The summed E-state index contributed by atoms with van der Waals surface area (Å²) in [6, 6.07) is -0.271. The van der Waals surface area contributed by atoms with E-state index < -0.39 is 11.4 Å². The predicted octanol–water partition coefficient (Wildman–Crippen LogP) is 1.69. The second-order valence-corrected chi connectivity index (χ2v) is 5.08. The number of amides is 2. The van der Waals surface area contributed by atoms with E-state index in [1.54, 1.807) is 0 Å². The first kappa shape index (κ1) is 15.4. The highest BCUT2D eigenvalue weighted by Crippen LogP contribution is 2.37. The number of carboxylic acids is 1. The molecule has 0 radical (unpaired) electrons. The van der Waals surface area contributed by atoms with Crippen molar-refractivity contribution in [1.82, 2.24) is 10.2 Å². The molecule has 0 atom stereocenters. The standard InChI is InChI=1S/C14H22N2O3/c1-3-9-16(10-4-2)13(19)15-11-14(12(17)18)7-5-6-8-14/h1H,4-11H2,2H3,(H,15,19)(H,17,18). The number of nitrogens with one attached hydrogen (secondary N) is 1. The highest BCUT2D eigenvalue weighted by Gasteiger charge is 2.41. The van der Waals surface area contributed by atoms with Gasteiger partial charge in [-0.1, -0.05) is 25.7 Å². The molecular formula is C14H22N2O3. The van der Waals surface area contributed by atoms with E-state index in [1.165, 1.54) is 4.90 Å². The molecule has 106 valence electrons. The van der Waals surface area contributed by atoms with Gasteiger partial charge in [-0.15, -0.1) is 6.42 Å². The lowest BCUT2D eigenvalue weighted by Gasteiger charge is -2.26. The zero-order chi connectivity index (χ0) is 14.3. The summed E-state index contributed by atoms with van der Waals surface area (Å²) in [4.78, 5) is 24.9. The lowest BCUT2D eigenvalue weighted by molar-refractivity contribution is -0.148. The van der Waals surface area contributed by atoms with Crippen molar-refractivity contribution in [2.45, 2.75) is 39.0 Å². The molecule has 0 aromatic rings. The maximum atomic E-state index is 12.0. The van der Waals surface area contributed by atoms with Gasteiger partial charge in [0, 0.05) is 13.1 Å². The summed E-state index contributed by atoms with van der Waals surface area (Å²) >= 11 is 0. The molecule has 1 aliphatic rings. The van der Waals surface area contributed by atoms with Gasteiger partial charge in [-0.25, -0.2) is 4.79 Å².